The Morgan fingerprint density at radius 3 is 2.75 bits per heavy atom. The molecule has 90 valence electrons. The van der Waals surface area contributed by atoms with Crippen molar-refractivity contribution in [1.29, 1.82) is 0 Å². The second-order valence-corrected chi connectivity index (χ2v) is 3.99. The maximum Gasteiger partial charge on any atom is 0.115 e. The Kier molecular flexibility index (Phi) is 5.29. The van der Waals surface area contributed by atoms with Gasteiger partial charge in [-0.1, -0.05) is 12.1 Å². The van der Waals surface area contributed by atoms with E-state index < -0.39 is 0 Å². The molecule has 0 heterocycles. The highest BCUT2D eigenvalue weighted by Crippen LogP contribution is 2.17. The summed E-state index contributed by atoms with van der Waals surface area (Å²) < 4.78 is 5.44. The Hall–Kier alpha value is -1.06. The molecule has 2 atom stereocenters. The molecule has 0 aliphatic rings. The minimum atomic E-state index is 0.213. The molecule has 0 radical (unpaired) electrons. The van der Waals surface area contributed by atoms with Crippen molar-refractivity contribution in [2.24, 2.45) is 0 Å². The van der Waals surface area contributed by atoms with Gasteiger partial charge in [0.25, 0.3) is 0 Å². The summed E-state index contributed by atoms with van der Waals surface area (Å²) in [6, 6.07) is 7.54. The van der Waals surface area contributed by atoms with Crippen molar-refractivity contribution in [2.75, 3.05) is 13.2 Å². The molecule has 2 unspecified atom stereocenters. The summed E-state index contributed by atoms with van der Waals surface area (Å²) in [6.45, 7) is 7.67. The first kappa shape index (κ1) is 13.0. The SMILES string of the molecule is CCOC(C)CNC(C)c1cccc(O)c1. The third-order valence-corrected chi connectivity index (χ3v) is 2.53. The molecule has 1 aromatic carbocycles. The number of nitrogens with one attached hydrogen (secondary N) is 1. The summed E-state index contributed by atoms with van der Waals surface area (Å²) >= 11 is 0. The molecule has 1 rings (SSSR count). The van der Waals surface area contributed by atoms with Gasteiger partial charge in [0.05, 0.1) is 6.10 Å². The number of hydrogen-bond donors (Lipinski definition) is 2. The maximum absolute atomic E-state index is 9.37. The van der Waals surface area contributed by atoms with Gasteiger partial charge in [-0.05, 0) is 38.5 Å². The van der Waals surface area contributed by atoms with Crippen molar-refractivity contribution in [3.05, 3.63) is 29.8 Å². The summed E-state index contributed by atoms with van der Waals surface area (Å²) in [7, 11) is 0. The van der Waals surface area contributed by atoms with Crippen LogP contribution in [0.2, 0.25) is 0 Å². The molecular weight excluding hydrogens is 202 g/mol. The van der Waals surface area contributed by atoms with Crippen LogP contribution in [0.3, 0.4) is 0 Å². The standard InChI is InChI=1S/C13H21NO2/c1-4-16-10(2)9-14-11(3)12-6-5-7-13(15)8-12/h5-8,10-11,14-15H,4,9H2,1-3H3. The molecular formula is C13H21NO2. The maximum atomic E-state index is 9.37. The van der Waals surface area contributed by atoms with E-state index in [4.69, 9.17) is 4.74 Å². The van der Waals surface area contributed by atoms with Crippen LogP contribution in [0.5, 0.6) is 5.75 Å². The molecule has 0 amide bonds. The Morgan fingerprint density at radius 1 is 1.38 bits per heavy atom. The topological polar surface area (TPSA) is 41.5 Å². The third-order valence-electron chi connectivity index (χ3n) is 2.53. The molecule has 2 N–H and O–H groups in total. The lowest BCUT2D eigenvalue weighted by Gasteiger charge is -2.18. The van der Waals surface area contributed by atoms with E-state index in [9.17, 15) is 5.11 Å². The summed E-state index contributed by atoms with van der Waals surface area (Å²) in [4.78, 5) is 0. The highest BCUT2D eigenvalue weighted by molar-refractivity contribution is 5.28. The number of ether oxygens (including phenoxy) is 1. The fraction of sp³-hybridized carbons (Fsp3) is 0.538. The zero-order valence-corrected chi connectivity index (χ0v) is 10.2. The Bertz CT molecular complexity index is 315. The molecule has 0 saturated carbocycles. The number of phenolic OH excluding ortho intramolecular Hbond substituents is 1. The van der Waals surface area contributed by atoms with Crippen LogP contribution in [0.25, 0.3) is 0 Å². The minimum absolute atomic E-state index is 0.213. The molecule has 3 nitrogen and oxygen atoms in total. The van der Waals surface area contributed by atoms with Crippen LogP contribution in [-0.4, -0.2) is 24.4 Å². The van der Waals surface area contributed by atoms with Gasteiger partial charge in [-0.25, -0.2) is 0 Å². The van der Waals surface area contributed by atoms with Gasteiger partial charge in [0.15, 0.2) is 0 Å². The van der Waals surface area contributed by atoms with E-state index in [2.05, 4.69) is 12.2 Å². The van der Waals surface area contributed by atoms with E-state index in [1.54, 1.807) is 12.1 Å². The van der Waals surface area contributed by atoms with E-state index in [0.29, 0.717) is 5.75 Å². The number of hydrogen-bond acceptors (Lipinski definition) is 3. The predicted octanol–water partition coefficient (Wildman–Crippen LogP) is 2.47. The van der Waals surface area contributed by atoms with Crippen molar-refractivity contribution < 1.29 is 9.84 Å². The van der Waals surface area contributed by atoms with Crippen LogP contribution < -0.4 is 5.32 Å². The van der Waals surface area contributed by atoms with E-state index in [1.165, 1.54) is 0 Å². The largest absolute Gasteiger partial charge is 0.508 e. The molecule has 16 heavy (non-hydrogen) atoms. The monoisotopic (exact) mass is 223 g/mol. The van der Waals surface area contributed by atoms with Crippen LogP contribution in [0.15, 0.2) is 24.3 Å². The molecule has 1 aromatic rings. The summed E-state index contributed by atoms with van der Waals surface area (Å²) in [5.74, 6) is 0.309. The molecule has 0 saturated heterocycles. The van der Waals surface area contributed by atoms with Gasteiger partial charge in [0.1, 0.15) is 5.75 Å². The van der Waals surface area contributed by atoms with E-state index in [-0.39, 0.29) is 12.1 Å². The van der Waals surface area contributed by atoms with E-state index in [1.807, 2.05) is 26.0 Å². The molecule has 0 fully saturated rings. The van der Waals surface area contributed by atoms with Gasteiger partial charge in [-0.15, -0.1) is 0 Å². The van der Waals surface area contributed by atoms with Gasteiger partial charge in [-0.2, -0.15) is 0 Å². The van der Waals surface area contributed by atoms with E-state index >= 15 is 0 Å². The fourth-order valence-corrected chi connectivity index (χ4v) is 1.60. The molecule has 0 aliphatic heterocycles. The number of benzene rings is 1. The first-order valence-electron chi connectivity index (χ1n) is 5.77. The van der Waals surface area contributed by atoms with Crippen molar-refractivity contribution in [2.45, 2.75) is 32.9 Å². The lowest BCUT2D eigenvalue weighted by Crippen LogP contribution is -2.29. The van der Waals surface area contributed by atoms with Crippen molar-refractivity contribution in [3.63, 3.8) is 0 Å². The van der Waals surface area contributed by atoms with Gasteiger partial charge >= 0.3 is 0 Å². The molecule has 0 aliphatic carbocycles. The van der Waals surface area contributed by atoms with E-state index in [0.717, 1.165) is 18.7 Å². The van der Waals surface area contributed by atoms with Gasteiger partial charge in [0.2, 0.25) is 0 Å². The summed E-state index contributed by atoms with van der Waals surface area (Å²) in [5, 5.41) is 12.7. The Morgan fingerprint density at radius 2 is 2.12 bits per heavy atom. The Labute approximate surface area is 97.4 Å². The smallest absolute Gasteiger partial charge is 0.115 e. The highest BCUT2D eigenvalue weighted by Gasteiger charge is 2.07. The van der Waals surface area contributed by atoms with Crippen LogP contribution >= 0.6 is 0 Å². The minimum Gasteiger partial charge on any atom is -0.508 e. The van der Waals surface area contributed by atoms with Crippen molar-refractivity contribution in [1.82, 2.24) is 5.32 Å². The van der Waals surface area contributed by atoms with Gasteiger partial charge < -0.3 is 15.2 Å². The van der Waals surface area contributed by atoms with Crippen LogP contribution in [0.4, 0.5) is 0 Å². The zero-order chi connectivity index (χ0) is 12.0. The predicted molar refractivity (Wildman–Crippen MR) is 65.6 cm³/mol. The lowest BCUT2D eigenvalue weighted by molar-refractivity contribution is 0.0743. The molecule has 0 spiro atoms. The fourth-order valence-electron chi connectivity index (χ4n) is 1.60. The lowest BCUT2D eigenvalue weighted by atomic mass is 10.1. The first-order chi connectivity index (χ1) is 7.63. The Balaban J connectivity index is 2.43. The van der Waals surface area contributed by atoms with Crippen LogP contribution in [0, 0.1) is 0 Å². The van der Waals surface area contributed by atoms with Crippen molar-refractivity contribution in [3.8, 4) is 5.75 Å². The summed E-state index contributed by atoms with van der Waals surface area (Å²) in [6.07, 6.45) is 0.213. The van der Waals surface area contributed by atoms with Crippen LogP contribution in [0.1, 0.15) is 32.4 Å². The summed E-state index contributed by atoms with van der Waals surface area (Å²) in [5.41, 5.74) is 1.09. The highest BCUT2D eigenvalue weighted by atomic mass is 16.5. The second kappa shape index (κ2) is 6.51. The average Bonchev–Trinajstić information content (AvgIpc) is 2.26. The number of rotatable bonds is 6. The third kappa shape index (κ3) is 4.21. The zero-order valence-electron chi connectivity index (χ0n) is 10.2. The normalized spacial score (nSPS) is 14.7. The molecule has 0 aromatic heterocycles. The second-order valence-electron chi connectivity index (χ2n) is 3.99. The molecule has 0 bridgehead atoms. The first-order valence-corrected chi connectivity index (χ1v) is 5.77. The van der Waals surface area contributed by atoms with Gasteiger partial charge in [0, 0.05) is 19.2 Å². The quantitative estimate of drug-likeness (QED) is 0.778. The average molecular weight is 223 g/mol. The molecule has 3 heteroatoms. The number of phenols is 1. The van der Waals surface area contributed by atoms with Crippen molar-refractivity contribution >= 4 is 0 Å². The van der Waals surface area contributed by atoms with Gasteiger partial charge in [-0.3, -0.25) is 0 Å². The number of aromatic hydroxyl groups is 1. The van der Waals surface area contributed by atoms with Crippen LogP contribution in [-0.2, 0) is 4.74 Å².